The van der Waals surface area contributed by atoms with Crippen molar-refractivity contribution in [3.63, 3.8) is 0 Å². The van der Waals surface area contributed by atoms with Gasteiger partial charge >= 0.3 is 5.97 Å². The number of carbonyl (C=O) groups excluding carboxylic acids is 2. The van der Waals surface area contributed by atoms with E-state index in [-0.39, 0.29) is 16.8 Å². The van der Waals surface area contributed by atoms with Crippen LogP contribution in [0.4, 0.5) is 17.1 Å². The molecule has 3 N–H and O–H groups in total. The number of carbonyl (C=O) groups is 3. The lowest BCUT2D eigenvalue weighted by atomic mass is 10.1. The van der Waals surface area contributed by atoms with Crippen LogP contribution in [0, 0.1) is 24.0 Å². The highest BCUT2D eigenvalue weighted by molar-refractivity contribution is 6.08. The predicted octanol–water partition coefficient (Wildman–Crippen LogP) is 4.57. The van der Waals surface area contributed by atoms with Crippen LogP contribution < -0.4 is 15.4 Å². The third kappa shape index (κ3) is 6.20. The number of hydrogen-bond donors (Lipinski definition) is 3. The number of aryl methyl sites for hydroxylation is 2. The van der Waals surface area contributed by atoms with Gasteiger partial charge in [0.05, 0.1) is 4.92 Å². The third-order valence-electron chi connectivity index (χ3n) is 5.19. The molecule has 3 aromatic carbocycles. The molecule has 0 saturated carbocycles. The number of rotatable bonds is 8. The van der Waals surface area contributed by atoms with Crippen molar-refractivity contribution in [2.24, 2.45) is 0 Å². The Balaban J connectivity index is 1.72. The summed E-state index contributed by atoms with van der Waals surface area (Å²) in [6.07, 6.45) is -1.01. The zero-order valence-corrected chi connectivity index (χ0v) is 19.2. The molecule has 0 fully saturated rings. The van der Waals surface area contributed by atoms with Crippen molar-refractivity contribution >= 4 is 34.8 Å². The summed E-state index contributed by atoms with van der Waals surface area (Å²) in [5.74, 6) is -1.72. The zero-order valence-electron chi connectivity index (χ0n) is 19.2. The summed E-state index contributed by atoms with van der Waals surface area (Å²) in [6, 6.07) is 15.2. The lowest BCUT2D eigenvalue weighted by Gasteiger charge is -2.13. The summed E-state index contributed by atoms with van der Waals surface area (Å²) in [5, 5.41) is 25.5. The van der Waals surface area contributed by atoms with Gasteiger partial charge in [0.15, 0.2) is 6.10 Å². The van der Waals surface area contributed by atoms with E-state index >= 15 is 0 Å². The molecule has 3 rings (SSSR count). The number of anilines is 2. The van der Waals surface area contributed by atoms with Crippen molar-refractivity contribution in [2.75, 3.05) is 10.6 Å². The molecule has 35 heavy (non-hydrogen) atoms. The number of nitrogens with zero attached hydrogens (tertiary/aromatic N) is 1. The number of carboxylic acid groups (broad SMARTS) is 1. The minimum atomic E-state index is -1.09. The van der Waals surface area contributed by atoms with Crippen LogP contribution in [0.5, 0.6) is 5.75 Å². The van der Waals surface area contributed by atoms with E-state index in [1.54, 1.807) is 38.1 Å². The highest BCUT2D eigenvalue weighted by Gasteiger charge is 2.17. The number of carboxylic acids is 1. The van der Waals surface area contributed by atoms with E-state index in [2.05, 4.69) is 10.6 Å². The van der Waals surface area contributed by atoms with Gasteiger partial charge in [0, 0.05) is 34.1 Å². The quantitative estimate of drug-likeness (QED) is 0.318. The fourth-order valence-corrected chi connectivity index (χ4v) is 3.11. The lowest BCUT2D eigenvalue weighted by Crippen LogP contribution is -2.22. The monoisotopic (exact) mass is 477 g/mol. The largest absolute Gasteiger partial charge is 0.479 e. The zero-order chi connectivity index (χ0) is 25.7. The van der Waals surface area contributed by atoms with Crippen LogP contribution in [0.1, 0.15) is 38.8 Å². The molecule has 0 aromatic heterocycles. The average molecular weight is 477 g/mol. The van der Waals surface area contributed by atoms with Crippen molar-refractivity contribution in [1.29, 1.82) is 0 Å². The minimum absolute atomic E-state index is 0.121. The van der Waals surface area contributed by atoms with Crippen LogP contribution in [0.2, 0.25) is 0 Å². The van der Waals surface area contributed by atoms with E-state index in [1.165, 1.54) is 43.3 Å². The standard InChI is InChI=1S/C25H23N3O7/c1-14-4-6-17(23(29)26-19-8-10-20(11-9-19)35-16(3)25(31)32)12-21(14)27-24(30)18-7-5-15(2)22(13-18)28(33)34/h4-13,16H,1-3H3,(H,26,29)(H,27,30)(H,31,32). The van der Waals surface area contributed by atoms with Crippen molar-refractivity contribution in [1.82, 2.24) is 0 Å². The van der Waals surface area contributed by atoms with Crippen molar-refractivity contribution in [3.8, 4) is 5.75 Å². The fraction of sp³-hybridized carbons (Fsp3) is 0.160. The lowest BCUT2D eigenvalue weighted by molar-refractivity contribution is -0.385. The van der Waals surface area contributed by atoms with Gasteiger partial charge in [-0.15, -0.1) is 0 Å². The Bertz CT molecular complexity index is 1300. The van der Waals surface area contributed by atoms with Gasteiger partial charge < -0.3 is 20.5 Å². The highest BCUT2D eigenvalue weighted by atomic mass is 16.6. The molecular formula is C25H23N3O7. The van der Waals surface area contributed by atoms with Crippen molar-refractivity contribution in [2.45, 2.75) is 26.9 Å². The number of amides is 2. The minimum Gasteiger partial charge on any atom is -0.479 e. The van der Waals surface area contributed by atoms with E-state index in [4.69, 9.17) is 9.84 Å². The van der Waals surface area contributed by atoms with Crippen molar-refractivity contribution in [3.05, 3.63) is 93.0 Å². The Labute approximate surface area is 200 Å². The van der Waals surface area contributed by atoms with E-state index in [0.29, 0.717) is 28.3 Å². The van der Waals surface area contributed by atoms with Gasteiger partial charge in [-0.1, -0.05) is 12.1 Å². The molecule has 10 heteroatoms. The summed E-state index contributed by atoms with van der Waals surface area (Å²) in [6.45, 7) is 4.75. The maximum atomic E-state index is 12.7. The van der Waals surface area contributed by atoms with Crippen molar-refractivity contribution < 1.29 is 29.2 Å². The van der Waals surface area contributed by atoms with Gasteiger partial charge in [-0.05, 0) is 68.8 Å². The molecule has 0 radical (unpaired) electrons. The van der Waals surface area contributed by atoms with Crippen LogP contribution >= 0.6 is 0 Å². The molecule has 0 saturated heterocycles. The number of nitrogens with one attached hydrogen (secondary N) is 2. The molecule has 0 aliphatic carbocycles. The van der Waals surface area contributed by atoms with E-state index in [1.807, 2.05) is 0 Å². The van der Waals surface area contributed by atoms with Gasteiger partial charge in [-0.2, -0.15) is 0 Å². The fourth-order valence-electron chi connectivity index (χ4n) is 3.11. The second kappa shape index (κ2) is 10.5. The molecule has 180 valence electrons. The molecule has 0 spiro atoms. The first-order valence-electron chi connectivity index (χ1n) is 10.5. The normalized spacial score (nSPS) is 11.3. The Hall–Kier alpha value is -4.73. The molecular weight excluding hydrogens is 454 g/mol. The number of nitro benzene ring substituents is 1. The number of aliphatic carboxylic acids is 1. The van der Waals surface area contributed by atoms with Crippen LogP contribution in [0.25, 0.3) is 0 Å². The number of ether oxygens (including phenoxy) is 1. The molecule has 10 nitrogen and oxygen atoms in total. The SMILES string of the molecule is Cc1ccc(C(=O)Nc2ccc(OC(C)C(=O)O)cc2)cc1NC(=O)c1ccc(C)c([N+](=O)[O-])c1. The van der Waals surface area contributed by atoms with Gasteiger partial charge in [-0.3, -0.25) is 19.7 Å². The Morgan fingerprint density at radius 1 is 0.886 bits per heavy atom. The third-order valence-corrected chi connectivity index (χ3v) is 5.19. The number of nitro groups is 1. The summed E-state index contributed by atoms with van der Waals surface area (Å²) in [4.78, 5) is 46.9. The number of hydrogen-bond acceptors (Lipinski definition) is 6. The van der Waals surface area contributed by atoms with Crippen LogP contribution in [-0.2, 0) is 4.79 Å². The first kappa shape index (κ1) is 24.9. The van der Waals surface area contributed by atoms with Gasteiger partial charge in [-0.25, -0.2) is 4.79 Å². The molecule has 3 aromatic rings. The molecule has 0 heterocycles. The predicted molar refractivity (Wildman–Crippen MR) is 129 cm³/mol. The average Bonchev–Trinajstić information content (AvgIpc) is 2.81. The van der Waals surface area contributed by atoms with E-state index in [9.17, 15) is 24.5 Å². The van der Waals surface area contributed by atoms with Gasteiger partial charge in [0.2, 0.25) is 0 Å². The molecule has 0 aliphatic heterocycles. The first-order chi connectivity index (χ1) is 16.5. The topological polar surface area (TPSA) is 148 Å². The summed E-state index contributed by atoms with van der Waals surface area (Å²) < 4.78 is 5.26. The van der Waals surface area contributed by atoms with E-state index < -0.39 is 28.8 Å². The molecule has 1 unspecified atom stereocenters. The number of benzene rings is 3. The summed E-state index contributed by atoms with van der Waals surface area (Å²) in [5.41, 5.74) is 2.23. The first-order valence-corrected chi connectivity index (χ1v) is 10.5. The molecule has 2 amide bonds. The highest BCUT2D eigenvalue weighted by Crippen LogP contribution is 2.23. The molecule has 1 atom stereocenters. The Morgan fingerprint density at radius 2 is 1.46 bits per heavy atom. The molecule has 0 aliphatic rings. The summed E-state index contributed by atoms with van der Waals surface area (Å²) in [7, 11) is 0. The van der Waals surface area contributed by atoms with Crippen LogP contribution in [0.3, 0.4) is 0 Å². The smallest absolute Gasteiger partial charge is 0.344 e. The maximum absolute atomic E-state index is 12.7. The summed E-state index contributed by atoms with van der Waals surface area (Å²) >= 11 is 0. The second-order valence-corrected chi connectivity index (χ2v) is 7.82. The van der Waals surface area contributed by atoms with Gasteiger partial charge in [0.25, 0.3) is 17.5 Å². The Kier molecular flexibility index (Phi) is 7.45. The van der Waals surface area contributed by atoms with Crippen LogP contribution in [0.15, 0.2) is 60.7 Å². The maximum Gasteiger partial charge on any atom is 0.344 e. The Morgan fingerprint density at radius 3 is 2.06 bits per heavy atom. The van der Waals surface area contributed by atoms with Gasteiger partial charge in [0.1, 0.15) is 5.75 Å². The second-order valence-electron chi connectivity index (χ2n) is 7.82. The van der Waals surface area contributed by atoms with E-state index in [0.717, 1.165) is 0 Å². The molecule has 0 bridgehead atoms. The van der Waals surface area contributed by atoms with Crippen LogP contribution in [-0.4, -0.2) is 33.9 Å².